The molecule has 0 saturated carbocycles. The van der Waals surface area contributed by atoms with Crippen LogP contribution in [0.3, 0.4) is 0 Å². The molecule has 2 N–H and O–H groups in total. The van der Waals surface area contributed by atoms with Crippen molar-refractivity contribution in [2.45, 2.75) is 30.1 Å². The van der Waals surface area contributed by atoms with E-state index < -0.39 is 0 Å². The Labute approximate surface area is 222 Å². The Hall–Kier alpha value is -3.36. The van der Waals surface area contributed by atoms with Gasteiger partial charge in [-0.15, -0.1) is 0 Å². The zero-order valence-electron chi connectivity index (χ0n) is 21.3. The summed E-state index contributed by atoms with van der Waals surface area (Å²) in [6.45, 7) is 8.22. The third kappa shape index (κ3) is 7.57. The molecule has 8 heteroatoms. The van der Waals surface area contributed by atoms with E-state index in [9.17, 15) is 14.0 Å². The van der Waals surface area contributed by atoms with Gasteiger partial charge in [0.15, 0.2) is 0 Å². The van der Waals surface area contributed by atoms with Crippen molar-refractivity contribution in [3.63, 3.8) is 0 Å². The van der Waals surface area contributed by atoms with E-state index in [2.05, 4.69) is 20.4 Å². The first-order valence-corrected chi connectivity index (χ1v) is 13.4. The number of para-hydroxylation sites is 1. The Morgan fingerprint density at radius 2 is 1.70 bits per heavy atom. The SMILES string of the molecule is CC(=O)Nc1cc(C(=O)NCCCN2CCN(c3ccccc3F)CC2)ccc1Sc1ccc(C)cc1. The predicted octanol–water partition coefficient (Wildman–Crippen LogP) is 5.19. The van der Waals surface area contributed by atoms with Gasteiger partial charge in [-0.25, -0.2) is 4.39 Å². The number of halogens is 1. The van der Waals surface area contributed by atoms with Gasteiger partial charge < -0.3 is 15.5 Å². The molecule has 3 aromatic carbocycles. The number of carbonyl (C=O) groups excluding carboxylic acids is 2. The summed E-state index contributed by atoms with van der Waals surface area (Å²) in [5.41, 5.74) is 2.98. The van der Waals surface area contributed by atoms with E-state index in [4.69, 9.17) is 0 Å². The maximum absolute atomic E-state index is 14.0. The van der Waals surface area contributed by atoms with E-state index in [1.54, 1.807) is 30.0 Å². The number of benzene rings is 3. The minimum Gasteiger partial charge on any atom is -0.367 e. The lowest BCUT2D eigenvalue weighted by Crippen LogP contribution is -2.47. The van der Waals surface area contributed by atoms with Crippen LogP contribution in [0.5, 0.6) is 0 Å². The van der Waals surface area contributed by atoms with E-state index >= 15 is 0 Å². The third-order valence-electron chi connectivity index (χ3n) is 6.30. The molecule has 0 unspecified atom stereocenters. The van der Waals surface area contributed by atoms with Crippen LogP contribution >= 0.6 is 11.8 Å². The lowest BCUT2D eigenvalue weighted by molar-refractivity contribution is -0.114. The summed E-state index contributed by atoms with van der Waals surface area (Å²) >= 11 is 1.55. The van der Waals surface area contributed by atoms with Crippen molar-refractivity contribution < 1.29 is 14.0 Å². The molecule has 37 heavy (non-hydrogen) atoms. The average molecular weight is 521 g/mol. The highest BCUT2D eigenvalue weighted by Crippen LogP contribution is 2.34. The molecule has 0 aliphatic carbocycles. The molecule has 6 nitrogen and oxygen atoms in total. The molecule has 2 amide bonds. The second-order valence-electron chi connectivity index (χ2n) is 9.20. The summed E-state index contributed by atoms with van der Waals surface area (Å²) in [5.74, 6) is -0.525. The van der Waals surface area contributed by atoms with Crippen molar-refractivity contribution in [2.75, 3.05) is 49.5 Å². The number of hydrogen-bond acceptors (Lipinski definition) is 5. The number of anilines is 2. The molecule has 1 aliphatic heterocycles. The van der Waals surface area contributed by atoms with Gasteiger partial charge in [-0.2, -0.15) is 0 Å². The van der Waals surface area contributed by atoms with Gasteiger partial charge in [0, 0.05) is 55.0 Å². The van der Waals surface area contributed by atoms with E-state index in [0.29, 0.717) is 23.5 Å². The number of piperazine rings is 1. The monoisotopic (exact) mass is 520 g/mol. The standard InChI is InChI=1S/C29H33FN4O2S/c1-21-8-11-24(12-9-21)37-28-13-10-23(20-26(28)32-22(2)35)29(36)31-14-5-15-33-16-18-34(19-17-33)27-7-4-3-6-25(27)30/h3-4,6-13,20H,5,14-19H2,1-2H3,(H,31,36)(H,32,35). The molecule has 3 aromatic rings. The molecule has 4 rings (SSSR count). The zero-order chi connectivity index (χ0) is 26.2. The van der Waals surface area contributed by atoms with Crippen molar-refractivity contribution in [1.82, 2.24) is 10.2 Å². The quantitative estimate of drug-likeness (QED) is 0.381. The fourth-order valence-electron chi connectivity index (χ4n) is 4.31. The van der Waals surface area contributed by atoms with Crippen LogP contribution in [0.15, 0.2) is 76.5 Å². The Morgan fingerprint density at radius 3 is 2.41 bits per heavy atom. The average Bonchev–Trinajstić information content (AvgIpc) is 2.89. The van der Waals surface area contributed by atoms with Crippen LogP contribution in [0.4, 0.5) is 15.8 Å². The lowest BCUT2D eigenvalue weighted by atomic mass is 10.2. The van der Waals surface area contributed by atoms with Crippen LogP contribution in [0.1, 0.15) is 29.3 Å². The summed E-state index contributed by atoms with van der Waals surface area (Å²) in [6, 6.07) is 20.5. The van der Waals surface area contributed by atoms with Gasteiger partial charge in [0.05, 0.1) is 11.4 Å². The molecule has 1 heterocycles. The number of aryl methyl sites for hydroxylation is 1. The van der Waals surface area contributed by atoms with E-state index in [0.717, 1.165) is 48.9 Å². The van der Waals surface area contributed by atoms with Crippen LogP contribution in [-0.4, -0.2) is 56.0 Å². The van der Waals surface area contributed by atoms with Crippen molar-refractivity contribution in [3.05, 3.63) is 83.7 Å². The summed E-state index contributed by atoms with van der Waals surface area (Å²) in [7, 11) is 0. The highest BCUT2D eigenvalue weighted by Gasteiger charge is 2.19. The number of hydrogen-bond donors (Lipinski definition) is 2. The number of nitrogens with zero attached hydrogens (tertiary/aromatic N) is 2. The van der Waals surface area contributed by atoms with Gasteiger partial charge in [0.25, 0.3) is 5.91 Å². The largest absolute Gasteiger partial charge is 0.367 e. The van der Waals surface area contributed by atoms with Gasteiger partial charge in [0.2, 0.25) is 5.91 Å². The maximum atomic E-state index is 14.0. The molecule has 1 fully saturated rings. The van der Waals surface area contributed by atoms with Gasteiger partial charge in [-0.3, -0.25) is 14.5 Å². The minimum atomic E-state index is -0.182. The Balaban J connectivity index is 1.26. The van der Waals surface area contributed by atoms with Gasteiger partial charge in [-0.05, 0) is 62.4 Å². The molecular formula is C29H33FN4O2S. The first kappa shape index (κ1) is 26.7. The van der Waals surface area contributed by atoms with Crippen molar-refractivity contribution in [2.24, 2.45) is 0 Å². The second-order valence-corrected chi connectivity index (χ2v) is 10.3. The Morgan fingerprint density at radius 1 is 0.973 bits per heavy atom. The predicted molar refractivity (Wildman–Crippen MR) is 148 cm³/mol. The smallest absolute Gasteiger partial charge is 0.251 e. The molecule has 0 radical (unpaired) electrons. The van der Waals surface area contributed by atoms with Crippen molar-refractivity contribution in [1.29, 1.82) is 0 Å². The third-order valence-corrected chi connectivity index (χ3v) is 7.39. The van der Waals surface area contributed by atoms with E-state index in [1.165, 1.54) is 18.6 Å². The molecule has 1 saturated heterocycles. The van der Waals surface area contributed by atoms with E-state index in [-0.39, 0.29) is 17.6 Å². The van der Waals surface area contributed by atoms with Crippen molar-refractivity contribution in [3.8, 4) is 0 Å². The van der Waals surface area contributed by atoms with E-state index in [1.807, 2.05) is 49.4 Å². The molecule has 194 valence electrons. The highest BCUT2D eigenvalue weighted by atomic mass is 32.2. The highest BCUT2D eigenvalue weighted by molar-refractivity contribution is 7.99. The summed E-state index contributed by atoms with van der Waals surface area (Å²) in [5, 5.41) is 5.85. The molecule has 0 aromatic heterocycles. The molecular weight excluding hydrogens is 487 g/mol. The Bertz CT molecular complexity index is 1230. The fraction of sp³-hybridized carbons (Fsp3) is 0.310. The normalized spacial score (nSPS) is 13.9. The van der Waals surface area contributed by atoms with Crippen LogP contribution in [0, 0.1) is 12.7 Å². The van der Waals surface area contributed by atoms with Crippen LogP contribution in [0.25, 0.3) is 0 Å². The fourth-order valence-corrected chi connectivity index (χ4v) is 5.19. The number of nitrogens with one attached hydrogen (secondary N) is 2. The minimum absolute atomic E-state index is 0.164. The van der Waals surface area contributed by atoms with Crippen LogP contribution in [-0.2, 0) is 4.79 Å². The topological polar surface area (TPSA) is 64.7 Å². The van der Waals surface area contributed by atoms with Crippen LogP contribution < -0.4 is 15.5 Å². The molecule has 0 spiro atoms. The first-order chi connectivity index (χ1) is 17.9. The maximum Gasteiger partial charge on any atom is 0.251 e. The summed E-state index contributed by atoms with van der Waals surface area (Å²) in [4.78, 5) is 30.9. The number of amides is 2. The second kappa shape index (κ2) is 12.7. The Kier molecular flexibility index (Phi) is 9.19. The number of rotatable bonds is 9. The summed E-state index contributed by atoms with van der Waals surface area (Å²) < 4.78 is 14.0. The van der Waals surface area contributed by atoms with Gasteiger partial charge in [-0.1, -0.05) is 41.6 Å². The molecule has 0 bridgehead atoms. The summed E-state index contributed by atoms with van der Waals surface area (Å²) in [6.07, 6.45) is 0.825. The van der Waals surface area contributed by atoms with Crippen molar-refractivity contribution >= 4 is 35.0 Å². The van der Waals surface area contributed by atoms with Gasteiger partial charge in [0.1, 0.15) is 5.82 Å². The first-order valence-electron chi connectivity index (χ1n) is 12.6. The zero-order valence-corrected chi connectivity index (χ0v) is 22.1. The van der Waals surface area contributed by atoms with Crippen LogP contribution in [0.2, 0.25) is 0 Å². The lowest BCUT2D eigenvalue weighted by Gasteiger charge is -2.36. The molecule has 0 atom stereocenters. The molecule has 1 aliphatic rings. The number of carbonyl (C=O) groups is 2. The van der Waals surface area contributed by atoms with Gasteiger partial charge >= 0.3 is 0 Å².